The average molecular weight is 378 g/mol. The molecule has 0 bridgehead atoms. The second kappa shape index (κ2) is 8.42. The van der Waals surface area contributed by atoms with Crippen molar-refractivity contribution < 1.29 is 4.79 Å². The molecule has 2 aliphatic rings. The van der Waals surface area contributed by atoms with Crippen molar-refractivity contribution in [2.45, 2.75) is 71.6 Å². The summed E-state index contributed by atoms with van der Waals surface area (Å²) in [5.74, 6) is 1.40. The number of hydrogen-bond acceptors (Lipinski definition) is 3. The minimum Gasteiger partial charge on any atom is -0.309 e. The van der Waals surface area contributed by atoms with Gasteiger partial charge in [-0.1, -0.05) is 70.2 Å². The maximum Gasteiger partial charge on any atom is 0.228 e. The number of carbonyl (C=O) groups is 1. The number of nitrogens with one attached hydrogen (secondary N) is 1. The van der Waals surface area contributed by atoms with E-state index < -0.39 is 0 Å². The van der Waals surface area contributed by atoms with Gasteiger partial charge in [-0.15, -0.1) is 0 Å². The quantitative estimate of drug-likeness (QED) is 0.764. The predicted molar refractivity (Wildman–Crippen MR) is 113 cm³/mol. The van der Waals surface area contributed by atoms with E-state index in [1.165, 1.54) is 43.2 Å². The summed E-state index contributed by atoms with van der Waals surface area (Å²) in [7, 11) is 0. The van der Waals surface area contributed by atoms with Gasteiger partial charge in [-0.05, 0) is 37.2 Å². The molecule has 1 saturated carbocycles. The van der Waals surface area contributed by atoms with Crippen molar-refractivity contribution in [2.24, 2.45) is 11.8 Å². The van der Waals surface area contributed by atoms with Gasteiger partial charge in [-0.25, -0.2) is 9.97 Å². The highest BCUT2D eigenvalue weighted by Crippen LogP contribution is 2.34. The molecule has 1 heterocycles. The van der Waals surface area contributed by atoms with Gasteiger partial charge < -0.3 is 5.32 Å². The fraction of sp³-hybridized carbons (Fsp3) is 0.542. The molecule has 2 aromatic rings. The van der Waals surface area contributed by atoms with E-state index in [0.29, 0.717) is 11.7 Å². The van der Waals surface area contributed by atoms with Crippen molar-refractivity contribution in [1.29, 1.82) is 0 Å². The fourth-order valence-electron chi connectivity index (χ4n) is 4.45. The Morgan fingerprint density at radius 1 is 1.14 bits per heavy atom. The molecule has 4 heteroatoms. The van der Waals surface area contributed by atoms with E-state index in [-0.39, 0.29) is 11.8 Å². The van der Waals surface area contributed by atoms with Crippen molar-refractivity contribution >= 4 is 11.7 Å². The molecule has 4 rings (SSSR count). The number of aromatic nitrogens is 2. The first-order chi connectivity index (χ1) is 13.7. The Hall–Kier alpha value is -2.23. The lowest BCUT2D eigenvalue weighted by Crippen LogP contribution is -2.24. The van der Waals surface area contributed by atoms with Gasteiger partial charge in [0.2, 0.25) is 5.91 Å². The van der Waals surface area contributed by atoms with Crippen molar-refractivity contribution in [1.82, 2.24) is 9.97 Å². The number of carbonyl (C=O) groups excluding carboxylic acids is 1. The molecule has 28 heavy (non-hydrogen) atoms. The standard InChI is InChI=1S/C24H31N3O/c1-3-16(2)24(28)27-23-21(15-17-9-5-4-6-10-17)25-22-19-12-8-7-11-18(19)13-14-20(22)26-23/h7-8,11-12,16-17H,3-6,9-10,13-15H2,1-2H3,(H,26,27,28). The summed E-state index contributed by atoms with van der Waals surface area (Å²) in [5.41, 5.74) is 5.57. The first kappa shape index (κ1) is 19.1. The number of rotatable bonds is 5. The van der Waals surface area contributed by atoms with Crippen LogP contribution >= 0.6 is 0 Å². The number of hydrogen-bond donors (Lipinski definition) is 1. The lowest BCUT2D eigenvalue weighted by atomic mass is 9.85. The van der Waals surface area contributed by atoms with Crippen LogP contribution in [0.25, 0.3) is 11.3 Å². The van der Waals surface area contributed by atoms with E-state index in [2.05, 4.69) is 29.6 Å². The van der Waals surface area contributed by atoms with Crippen LogP contribution in [0.3, 0.4) is 0 Å². The molecular formula is C24H31N3O. The van der Waals surface area contributed by atoms with Crippen LogP contribution in [0.15, 0.2) is 24.3 Å². The molecule has 1 aromatic heterocycles. The Bertz CT molecular complexity index is 855. The number of benzene rings is 1. The molecule has 1 fully saturated rings. The van der Waals surface area contributed by atoms with Gasteiger partial charge in [0.05, 0.1) is 17.1 Å². The summed E-state index contributed by atoms with van der Waals surface area (Å²) in [6.07, 6.45) is 10.1. The molecule has 0 saturated heterocycles. The summed E-state index contributed by atoms with van der Waals surface area (Å²) >= 11 is 0. The third kappa shape index (κ3) is 3.96. The maximum absolute atomic E-state index is 12.6. The SMILES string of the molecule is CCC(C)C(=O)Nc1nc2c(nc1CC1CCCCC1)-c1ccccc1CC2. The zero-order valence-electron chi connectivity index (χ0n) is 17.1. The largest absolute Gasteiger partial charge is 0.309 e. The Morgan fingerprint density at radius 2 is 1.93 bits per heavy atom. The van der Waals surface area contributed by atoms with Gasteiger partial charge in [-0.2, -0.15) is 0 Å². The third-order valence-electron chi connectivity index (χ3n) is 6.45. The molecule has 148 valence electrons. The van der Waals surface area contributed by atoms with Crippen LogP contribution in [0.5, 0.6) is 0 Å². The summed E-state index contributed by atoms with van der Waals surface area (Å²) in [5, 5.41) is 3.11. The van der Waals surface area contributed by atoms with Crippen molar-refractivity contribution in [3.05, 3.63) is 41.2 Å². The van der Waals surface area contributed by atoms with Crippen LogP contribution in [-0.2, 0) is 24.1 Å². The summed E-state index contributed by atoms with van der Waals surface area (Å²) in [6.45, 7) is 4.01. The highest BCUT2D eigenvalue weighted by molar-refractivity contribution is 5.92. The van der Waals surface area contributed by atoms with Crippen LogP contribution in [0.2, 0.25) is 0 Å². The fourth-order valence-corrected chi connectivity index (χ4v) is 4.45. The Kier molecular flexibility index (Phi) is 5.74. The highest BCUT2D eigenvalue weighted by atomic mass is 16.1. The molecule has 4 nitrogen and oxygen atoms in total. The van der Waals surface area contributed by atoms with Gasteiger partial charge in [0.1, 0.15) is 0 Å². The number of fused-ring (bicyclic) bond motifs is 3. The maximum atomic E-state index is 12.6. The third-order valence-corrected chi connectivity index (χ3v) is 6.45. The molecular weight excluding hydrogens is 346 g/mol. The van der Waals surface area contributed by atoms with Crippen LogP contribution < -0.4 is 5.32 Å². The zero-order chi connectivity index (χ0) is 19.5. The highest BCUT2D eigenvalue weighted by Gasteiger charge is 2.25. The second-order valence-electron chi connectivity index (χ2n) is 8.48. The lowest BCUT2D eigenvalue weighted by molar-refractivity contribution is -0.119. The summed E-state index contributed by atoms with van der Waals surface area (Å²) < 4.78 is 0. The van der Waals surface area contributed by atoms with Crippen molar-refractivity contribution in [2.75, 3.05) is 5.32 Å². The van der Waals surface area contributed by atoms with Gasteiger partial charge in [0, 0.05) is 11.5 Å². The number of anilines is 1. The van der Waals surface area contributed by atoms with Crippen LogP contribution in [0.4, 0.5) is 5.82 Å². The average Bonchev–Trinajstić information content (AvgIpc) is 2.74. The van der Waals surface area contributed by atoms with Crippen LogP contribution in [-0.4, -0.2) is 15.9 Å². The minimum atomic E-state index is -0.0129. The molecule has 1 N–H and O–H groups in total. The molecule has 1 amide bonds. The van der Waals surface area contributed by atoms with Crippen molar-refractivity contribution in [3.63, 3.8) is 0 Å². The minimum absolute atomic E-state index is 0.0129. The van der Waals surface area contributed by atoms with E-state index >= 15 is 0 Å². The topological polar surface area (TPSA) is 54.9 Å². The van der Waals surface area contributed by atoms with Gasteiger partial charge >= 0.3 is 0 Å². The summed E-state index contributed by atoms with van der Waals surface area (Å²) in [4.78, 5) is 22.6. The van der Waals surface area contributed by atoms with Gasteiger partial charge in [0.25, 0.3) is 0 Å². The number of amides is 1. The van der Waals surface area contributed by atoms with Gasteiger partial charge in [-0.3, -0.25) is 4.79 Å². The molecule has 1 unspecified atom stereocenters. The normalized spacial score (nSPS) is 17.5. The van der Waals surface area contributed by atoms with Crippen LogP contribution in [0, 0.1) is 11.8 Å². The monoisotopic (exact) mass is 377 g/mol. The Labute approximate surface area is 168 Å². The van der Waals surface area contributed by atoms with E-state index in [1.54, 1.807) is 0 Å². The molecule has 2 aliphatic carbocycles. The first-order valence-electron chi connectivity index (χ1n) is 10.9. The van der Waals surface area contributed by atoms with E-state index in [0.717, 1.165) is 42.8 Å². The first-order valence-corrected chi connectivity index (χ1v) is 10.9. The lowest BCUT2D eigenvalue weighted by Gasteiger charge is -2.25. The Morgan fingerprint density at radius 3 is 2.71 bits per heavy atom. The summed E-state index contributed by atoms with van der Waals surface area (Å²) in [6, 6.07) is 8.53. The van der Waals surface area contributed by atoms with Crippen LogP contribution in [0.1, 0.15) is 69.3 Å². The van der Waals surface area contributed by atoms with E-state index in [1.807, 2.05) is 13.8 Å². The van der Waals surface area contributed by atoms with E-state index in [4.69, 9.17) is 9.97 Å². The molecule has 0 radical (unpaired) electrons. The number of aryl methyl sites for hydroxylation is 2. The molecule has 0 aliphatic heterocycles. The van der Waals surface area contributed by atoms with E-state index in [9.17, 15) is 4.79 Å². The smallest absolute Gasteiger partial charge is 0.228 e. The zero-order valence-corrected chi connectivity index (χ0v) is 17.1. The molecule has 1 atom stereocenters. The predicted octanol–water partition coefficient (Wildman–Crippen LogP) is 5.35. The molecule has 1 aromatic carbocycles. The molecule has 0 spiro atoms. The van der Waals surface area contributed by atoms with Crippen molar-refractivity contribution in [3.8, 4) is 11.3 Å². The number of nitrogens with zero attached hydrogens (tertiary/aromatic N) is 2. The second-order valence-corrected chi connectivity index (χ2v) is 8.48. The van der Waals surface area contributed by atoms with Gasteiger partial charge in [0.15, 0.2) is 5.82 Å². The Balaban J connectivity index is 1.71.